The van der Waals surface area contributed by atoms with E-state index >= 15 is 0 Å². The van der Waals surface area contributed by atoms with E-state index in [2.05, 4.69) is 50.3 Å². The number of hydrogen-bond donors (Lipinski definition) is 0. The first-order chi connectivity index (χ1) is 31.5. The van der Waals surface area contributed by atoms with E-state index in [-0.39, 0.29) is 53.5 Å². The van der Waals surface area contributed by atoms with Crippen LogP contribution in [0.2, 0.25) is 10.0 Å². The average molecular weight is 994 g/mol. The molecule has 0 amide bonds. The van der Waals surface area contributed by atoms with Crippen molar-refractivity contribution in [2.24, 2.45) is 10.8 Å². The van der Waals surface area contributed by atoms with Crippen LogP contribution in [0.25, 0.3) is 22.8 Å². The molecule has 18 nitrogen and oxygen atoms in total. The van der Waals surface area contributed by atoms with Crippen molar-refractivity contribution in [2.75, 3.05) is 14.2 Å². The van der Waals surface area contributed by atoms with E-state index in [0.717, 1.165) is 60.8 Å². The van der Waals surface area contributed by atoms with Gasteiger partial charge >= 0.3 is 0 Å². The van der Waals surface area contributed by atoms with Crippen LogP contribution in [0.5, 0.6) is 0 Å². The van der Waals surface area contributed by atoms with Gasteiger partial charge in [-0.3, -0.25) is 9.97 Å². The zero-order valence-electron chi connectivity index (χ0n) is 37.3. The van der Waals surface area contributed by atoms with Gasteiger partial charge in [-0.05, 0) is 100 Å². The van der Waals surface area contributed by atoms with Crippen molar-refractivity contribution in [1.29, 1.82) is 0 Å². The molecule has 0 radical (unpaired) electrons. The Morgan fingerprint density at radius 3 is 1.27 bits per heavy atom. The van der Waals surface area contributed by atoms with Crippen molar-refractivity contribution < 1.29 is 26.3 Å². The third-order valence-electron chi connectivity index (χ3n) is 13.4. The highest BCUT2D eigenvalue weighted by Gasteiger charge is 2.65. The summed E-state index contributed by atoms with van der Waals surface area (Å²) >= 11 is 11.7. The molecule has 2 spiro atoms. The maximum atomic E-state index is 13.5. The van der Waals surface area contributed by atoms with Crippen molar-refractivity contribution in [1.82, 2.24) is 59.4 Å². The molecule has 0 saturated heterocycles. The standard InChI is InChI=1S/2C22H25ClN6O3S.CH4/c2*1-13-6-15(9-24-8-13)21-28-27-18(29(21)17-7-22(17)4-5-22)12-33(30,31)14(2)19(32-3)20-25-10-16(23)11-26-20;/h2*6,8-11,14,17,19H,4-5,7,12H2,1-3H3;1H4/t2*14-,17?,19-;/m00./s1. The van der Waals surface area contributed by atoms with Gasteiger partial charge in [-0.15, -0.1) is 20.4 Å². The molecule has 0 aromatic carbocycles. The molecule has 4 aliphatic carbocycles. The summed E-state index contributed by atoms with van der Waals surface area (Å²) in [4.78, 5) is 25.2. The molecule has 0 bridgehead atoms. The first-order valence-electron chi connectivity index (χ1n) is 21.6. The third kappa shape index (κ3) is 9.88. The summed E-state index contributed by atoms with van der Waals surface area (Å²) < 4.78 is 68.8. The molecule has 6 atom stereocenters. The lowest BCUT2D eigenvalue weighted by atomic mass is 10.2. The van der Waals surface area contributed by atoms with E-state index in [1.807, 2.05) is 35.1 Å². The van der Waals surface area contributed by atoms with Gasteiger partial charge in [-0.1, -0.05) is 30.6 Å². The van der Waals surface area contributed by atoms with Gasteiger partial charge in [0, 0.05) is 87.0 Å². The Hall–Kier alpha value is -4.86. The van der Waals surface area contributed by atoms with E-state index in [0.29, 0.717) is 33.3 Å². The minimum absolute atomic E-state index is 0. The van der Waals surface area contributed by atoms with Crippen molar-refractivity contribution in [3.8, 4) is 22.8 Å². The Labute approximate surface area is 400 Å². The number of aryl methyl sites for hydroxylation is 2. The molecule has 4 fully saturated rings. The lowest BCUT2D eigenvalue weighted by molar-refractivity contribution is 0.0947. The first kappa shape index (κ1) is 48.6. The number of ether oxygens (including phenoxy) is 2. The van der Waals surface area contributed by atoms with Gasteiger partial charge in [-0.25, -0.2) is 36.8 Å². The molecule has 67 heavy (non-hydrogen) atoms. The van der Waals surface area contributed by atoms with E-state index in [1.165, 1.54) is 39.0 Å². The van der Waals surface area contributed by atoms with Crippen molar-refractivity contribution >= 4 is 42.9 Å². The SMILES string of the molecule is C.CO[C@H](c1ncc(Cl)cn1)[C@H](C)S(=O)(=O)Cc1nnc(-c2cncc(C)c2)n1C1CC12CC2.CO[C@H](c1ncc(Cl)cn1)[C@H](C)S(=O)(=O)Cc1nnc(-c2cncc(C)c2)n1C1CC12CC2. The number of methoxy groups -OCH3 is 2. The van der Waals surface area contributed by atoms with Crippen LogP contribution in [0.3, 0.4) is 0 Å². The number of sulfone groups is 2. The first-order valence-corrected chi connectivity index (χ1v) is 25.8. The molecule has 4 saturated carbocycles. The highest BCUT2D eigenvalue weighted by Crippen LogP contribution is 2.74. The monoisotopic (exact) mass is 992 g/mol. The van der Waals surface area contributed by atoms with Gasteiger partial charge in [0.15, 0.2) is 43.0 Å². The summed E-state index contributed by atoms with van der Waals surface area (Å²) in [5, 5.41) is 16.4. The molecule has 2 unspecified atom stereocenters. The predicted octanol–water partition coefficient (Wildman–Crippen LogP) is 7.65. The molecule has 6 aromatic heterocycles. The summed E-state index contributed by atoms with van der Waals surface area (Å²) in [6.07, 6.45) is 17.8. The molecule has 6 heterocycles. The second-order valence-electron chi connectivity index (χ2n) is 18.1. The van der Waals surface area contributed by atoms with Crippen LogP contribution in [-0.2, 0) is 40.7 Å². The van der Waals surface area contributed by atoms with Gasteiger partial charge in [0.25, 0.3) is 0 Å². The summed E-state index contributed by atoms with van der Waals surface area (Å²) in [7, 11) is -4.47. The van der Waals surface area contributed by atoms with Crippen molar-refractivity contribution in [2.45, 2.75) is 120 Å². The second-order valence-corrected chi connectivity index (χ2v) is 23.7. The lowest BCUT2D eigenvalue weighted by Gasteiger charge is -2.21. The summed E-state index contributed by atoms with van der Waals surface area (Å²) in [5.41, 5.74) is 4.26. The largest absolute Gasteiger partial charge is 0.372 e. The Morgan fingerprint density at radius 2 is 0.970 bits per heavy atom. The van der Waals surface area contributed by atoms with Gasteiger partial charge in [-0.2, -0.15) is 0 Å². The number of pyridine rings is 2. The van der Waals surface area contributed by atoms with Crippen molar-refractivity contribution in [3.05, 3.63) is 106 Å². The molecule has 6 aromatic rings. The highest BCUT2D eigenvalue weighted by molar-refractivity contribution is 7.91. The highest BCUT2D eigenvalue weighted by atomic mass is 35.5. The number of aromatic nitrogens is 12. The minimum atomic E-state index is -3.68. The van der Waals surface area contributed by atoms with E-state index < -0.39 is 42.4 Å². The predicted molar refractivity (Wildman–Crippen MR) is 251 cm³/mol. The quantitative estimate of drug-likeness (QED) is 0.0907. The van der Waals surface area contributed by atoms with Gasteiger partial charge in [0.2, 0.25) is 0 Å². The zero-order valence-corrected chi connectivity index (χ0v) is 40.4. The number of halogens is 2. The summed E-state index contributed by atoms with van der Waals surface area (Å²) in [5.74, 6) is 2.26. The maximum Gasteiger partial charge on any atom is 0.165 e. The van der Waals surface area contributed by atoms with E-state index in [1.54, 1.807) is 38.6 Å². The number of rotatable bonds is 16. The molecular weight excluding hydrogens is 940 g/mol. The summed E-state index contributed by atoms with van der Waals surface area (Å²) in [6.45, 7) is 7.14. The molecule has 0 aliphatic heterocycles. The fraction of sp³-hybridized carbons (Fsp3) is 0.511. The zero-order chi connectivity index (χ0) is 46.8. The lowest BCUT2D eigenvalue weighted by Crippen LogP contribution is -2.30. The summed E-state index contributed by atoms with van der Waals surface area (Å²) in [6, 6.07) is 4.44. The normalized spacial score (nSPS) is 20.2. The van der Waals surface area contributed by atoms with E-state index in [9.17, 15) is 16.8 Å². The van der Waals surface area contributed by atoms with Crippen LogP contribution in [0, 0.1) is 24.7 Å². The van der Waals surface area contributed by atoms with Crippen LogP contribution < -0.4 is 0 Å². The molecule has 22 heteroatoms. The van der Waals surface area contributed by atoms with Crippen LogP contribution >= 0.6 is 23.2 Å². The second kappa shape index (κ2) is 18.6. The van der Waals surface area contributed by atoms with Crippen molar-refractivity contribution in [3.63, 3.8) is 0 Å². The van der Waals surface area contributed by atoms with Gasteiger partial charge in [0.05, 0.1) is 20.5 Å². The maximum absolute atomic E-state index is 13.5. The van der Waals surface area contributed by atoms with Crippen LogP contribution in [0.15, 0.2) is 61.7 Å². The Bertz CT molecular complexity index is 2780. The van der Waals surface area contributed by atoms with Crippen LogP contribution in [-0.4, -0.2) is 101 Å². The van der Waals surface area contributed by atoms with Crippen LogP contribution in [0.4, 0.5) is 0 Å². The minimum Gasteiger partial charge on any atom is -0.372 e. The van der Waals surface area contributed by atoms with E-state index in [4.69, 9.17) is 32.7 Å². The Morgan fingerprint density at radius 1 is 0.612 bits per heavy atom. The Kier molecular flexibility index (Phi) is 13.5. The van der Waals surface area contributed by atoms with Gasteiger partial charge in [0.1, 0.15) is 35.4 Å². The molecule has 10 rings (SSSR count). The topological polar surface area (TPSA) is 225 Å². The smallest absolute Gasteiger partial charge is 0.165 e. The molecule has 4 aliphatic rings. The van der Waals surface area contributed by atoms with Crippen LogP contribution in [0.1, 0.15) is 119 Å². The number of nitrogens with zero attached hydrogens (tertiary/aromatic N) is 12. The fourth-order valence-electron chi connectivity index (χ4n) is 8.98. The molecular formula is C45H54Cl2N12O6S2. The number of hydrogen-bond acceptors (Lipinski definition) is 16. The third-order valence-corrected chi connectivity index (χ3v) is 17.9. The molecule has 0 N–H and O–H groups in total. The fourth-order valence-corrected chi connectivity index (χ4v) is 12.0. The Balaban J connectivity index is 0.000000179. The molecule has 356 valence electrons. The average Bonchev–Trinajstić information content (AvgIpc) is 4.25. The van der Waals surface area contributed by atoms with Gasteiger partial charge < -0.3 is 18.6 Å².